The molecule has 8 nitrogen and oxygen atoms in total. The van der Waals surface area contributed by atoms with Crippen LogP contribution in [0.15, 0.2) is 29.0 Å². The van der Waals surface area contributed by atoms with E-state index in [1.807, 2.05) is 37.9 Å². The topological polar surface area (TPSA) is 93.1 Å². The quantitative estimate of drug-likeness (QED) is 0.432. The highest BCUT2D eigenvalue weighted by Gasteiger charge is 2.33. The third kappa shape index (κ3) is 5.55. The molecule has 1 aromatic carbocycles. The summed E-state index contributed by atoms with van der Waals surface area (Å²) in [6.07, 6.45) is 6.38. The SMILES string of the molecule is C.C.C.Cc1nc(CC2CC(COc3cc(Br)cc4nccnc34)C2)nc2c1NC(=O)[C@H](C)N2C. The number of likely N-dealkylation sites (N-methyl/N-ethyl adjacent to an activating group) is 1. The van der Waals surface area contributed by atoms with Gasteiger partial charge in [-0.3, -0.25) is 9.78 Å². The maximum Gasteiger partial charge on any atom is 0.246 e. The second kappa shape index (κ2) is 11.3. The fraction of sp³-hybridized carbons (Fsp3) is 0.500. The molecule has 0 saturated heterocycles. The minimum absolute atomic E-state index is 0. The Labute approximate surface area is 217 Å². The van der Waals surface area contributed by atoms with Crippen molar-refractivity contribution in [1.29, 1.82) is 0 Å². The molecule has 1 aliphatic carbocycles. The molecule has 190 valence electrons. The maximum absolute atomic E-state index is 12.1. The van der Waals surface area contributed by atoms with E-state index in [0.717, 1.165) is 63.5 Å². The van der Waals surface area contributed by atoms with Crippen LogP contribution in [0.3, 0.4) is 0 Å². The Kier molecular flexibility index (Phi) is 9.17. The summed E-state index contributed by atoms with van der Waals surface area (Å²) in [7, 11) is 1.91. The highest BCUT2D eigenvalue weighted by atomic mass is 79.9. The summed E-state index contributed by atoms with van der Waals surface area (Å²) in [5.41, 5.74) is 3.15. The number of ether oxygens (including phenoxy) is 1. The molecule has 1 N–H and O–H groups in total. The Bertz CT molecular complexity index is 1200. The number of aryl methyl sites for hydroxylation is 1. The van der Waals surface area contributed by atoms with Gasteiger partial charge in [0, 0.05) is 30.3 Å². The summed E-state index contributed by atoms with van der Waals surface area (Å²) >= 11 is 3.52. The van der Waals surface area contributed by atoms with E-state index in [0.29, 0.717) is 18.4 Å². The van der Waals surface area contributed by atoms with E-state index in [4.69, 9.17) is 9.72 Å². The number of amides is 1. The lowest BCUT2D eigenvalue weighted by Gasteiger charge is -2.36. The number of carbonyl (C=O) groups excluding carboxylic acids is 1. The van der Waals surface area contributed by atoms with Crippen LogP contribution in [0.4, 0.5) is 11.5 Å². The van der Waals surface area contributed by atoms with E-state index in [9.17, 15) is 4.79 Å². The van der Waals surface area contributed by atoms with Crippen molar-refractivity contribution in [3.8, 4) is 5.75 Å². The molecule has 3 heterocycles. The first-order valence-electron chi connectivity index (χ1n) is 10.8. The highest BCUT2D eigenvalue weighted by molar-refractivity contribution is 9.10. The van der Waals surface area contributed by atoms with Crippen molar-refractivity contribution in [2.75, 3.05) is 23.9 Å². The standard InChI is InChI=1S/C23H25BrN6O2.3CH4/c1-12-20-22(30(3)13(2)23(31)29-20)28-19(27-12)8-14-6-15(7-14)11-32-18-10-16(24)9-17-21(18)26-5-4-25-17;;;/h4-5,9-10,13-15H,6-8,11H2,1-3H3,(H,29,31);3*1H4/t13-,14?,15?;;;/m0.../s1. The number of aromatic nitrogens is 4. The van der Waals surface area contributed by atoms with Gasteiger partial charge in [-0.25, -0.2) is 15.0 Å². The molecule has 9 heteroatoms. The molecule has 5 rings (SSSR count). The minimum atomic E-state index is -0.242. The molecule has 0 radical (unpaired) electrons. The first-order chi connectivity index (χ1) is 15.4. The zero-order valence-electron chi connectivity index (χ0n) is 18.3. The van der Waals surface area contributed by atoms with Crippen LogP contribution in [0.25, 0.3) is 11.0 Å². The average molecular weight is 546 g/mol. The molecule has 0 bridgehead atoms. The second-order valence-electron chi connectivity index (χ2n) is 8.75. The van der Waals surface area contributed by atoms with E-state index in [2.05, 4.69) is 36.2 Å². The molecule has 0 spiro atoms. The summed E-state index contributed by atoms with van der Waals surface area (Å²) in [4.78, 5) is 32.2. The van der Waals surface area contributed by atoms with E-state index in [1.54, 1.807) is 12.4 Å². The number of rotatable bonds is 5. The molecule has 3 aromatic rings. The number of carbonyl (C=O) groups is 1. The van der Waals surface area contributed by atoms with Crippen molar-refractivity contribution in [3.05, 3.63) is 40.5 Å². The van der Waals surface area contributed by atoms with Crippen molar-refractivity contribution < 1.29 is 9.53 Å². The van der Waals surface area contributed by atoms with Gasteiger partial charge in [0.1, 0.15) is 28.8 Å². The molecule has 0 unspecified atom stereocenters. The number of nitrogens with one attached hydrogen (secondary N) is 1. The number of hydrogen-bond acceptors (Lipinski definition) is 7. The molecule has 1 aliphatic heterocycles. The Morgan fingerprint density at radius 1 is 1.11 bits per heavy atom. The lowest BCUT2D eigenvalue weighted by Crippen LogP contribution is -2.45. The Hall–Kier alpha value is -2.81. The van der Waals surface area contributed by atoms with E-state index in [1.165, 1.54) is 0 Å². The third-order valence-electron chi connectivity index (χ3n) is 6.44. The first-order valence-corrected chi connectivity index (χ1v) is 11.6. The lowest BCUT2D eigenvalue weighted by molar-refractivity contribution is -0.117. The summed E-state index contributed by atoms with van der Waals surface area (Å²) in [5.74, 6) is 3.44. The monoisotopic (exact) mass is 544 g/mol. The van der Waals surface area contributed by atoms with Gasteiger partial charge >= 0.3 is 0 Å². The Morgan fingerprint density at radius 3 is 2.57 bits per heavy atom. The summed E-state index contributed by atoms with van der Waals surface area (Å²) in [6.45, 7) is 4.47. The smallest absolute Gasteiger partial charge is 0.246 e. The van der Waals surface area contributed by atoms with E-state index >= 15 is 0 Å². The van der Waals surface area contributed by atoms with Crippen molar-refractivity contribution in [2.45, 2.75) is 61.4 Å². The fourth-order valence-corrected chi connectivity index (χ4v) is 4.88. The minimum Gasteiger partial charge on any atom is -0.491 e. The van der Waals surface area contributed by atoms with Crippen molar-refractivity contribution in [2.24, 2.45) is 11.8 Å². The van der Waals surface area contributed by atoms with Crippen LogP contribution >= 0.6 is 15.9 Å². The normalized spacial score (nSPS) is 20.4. The molecule has 35 heavy (non-hydrogen) atoms. The number of fused-ring (bicyclic) bond motifs is 2. The van der Waals surface area contributed by atoms with Gasteiger partial charge in [0.25, 0.3) is 0 Å². The molecular weight excluding hydrogens is 508 g/mol. The summed E-state index contributed by atoms with van der Waals surface area (Å²) < 4.78 is 7.05. The van der Waals surface area contributed by atoms with Gasteiger partial charge in [0.2, 0.25) is 5.91 Å². The van der Waals surface area contributed by atoms with Gasteiger partial charge in [-0.2, -0.15) is 0 Å². The molecule has 1 fully saturated rings. The molecular formula is C26H37BrN6O2. The number of anilines is 2. The van der Waals surface area contributed by atoms with Crippen LogP contribution in [-0.2, 0) is 11.2 Å². The number of halogens is 1. The molecule has 1 saturated carbocycles. The van der Waals surface area contributed by atoms with Crippen molar-refractivity contribution >= 4 is 44.4 Å². The first kappa shape index (κ1) is 28.4. The van der Waals surface area contributed by atoms with Gasteiger partial charge in [0.05, 0.1) is 17.8 Å². The van der Waals surface area contributed by atoms with Gasteiger partial charge in [0.15, 0.2) is 5.82 Å². The van der Waals surface area contributed by atoms with Gasteiger partial charge in [-0.15, -0.1) is 0 Å². The molecule has 2 aliphatic rings. The third-order valence-corrected chi connectivity index (χ3v) is 6.90. The van der Waals surface area contributed by atoms with Crippen LogP contribution in [0.5, 0.6) is 5.75 Å². The van der Waals surface area contributed by atoms with Crippen LogP contribution < -0.4 is 15.0 Å². The summed E-state index contributed by atoms with van der Waals surface area (Å²) in [5, 5.41) is 2.94. The summed E-state index contributed by atoms with van der Waals surface area (Å²) in [6, 6.07) is 3.65. The zero-order chi connectivity index (χ0) is 22.4. The fourth-order valence-electron chi connectivity index (χ4n) is 4.46. The molecule has 1 atom stereocenters. The lowest BCUT2D eigenvalue weighted by atomic mass is 9.73. The van der Waals surface area contributed by atoms with Crippen molar-refractivity contribution in [1.82, 2.24) is 19.9 Å². The van der Waals surface area contributed by atoms with Crippen molar-refractivity contribution in [3.63, 3.8) is 0 Å². The average Bonchev–Trinajstić information content (AvgIpc) is 2.74. The number of benzene rings is 1. The molecule has 2 aromatic heterocycles. The number of hydrogen-bond donors (Lipinski definition) is 1. The van der Waals surface area contributed by atoms with E-state index < -0.39 is 0 Å². The number of nitrogens with zero attached hydrogens (tertiary/aromatic N) is 5. The van der Waals surface area contributed by atoms with E-state index in [-0.39, 0.29) is 34.2 Å². The van der Waals surface area contributed by atoms with Crippen LogP contribution in [0.2, 0.25) is 0 Å². The predicted octanol–water partition coefficient (Wildman–Crippen LogP) is 5.82. The Balaban J connectivity index is 0.00000144. The van der Waals surface area contributed by atoms with Crippen LogP contribution in [0, 0.1) is 18.8 Å². The predicted molar refractivity (Wildman–Crippen MR) is 146 cm³/mol. The van der Waals surface area contributed by atoms with Gasteiger partial charge in [-0.1, -0.05) is 38.2 Å². The van der Waals surface area contributed by atoms with Crippen LogP contribution in [-0.4, -0.2) is 45.5 Å². The molecule has 1 amide bonds. The Morgan fingerprint density at radius 2 is 1.83 bits per heavy atom. The highest BCUT2D eigenvalue weighted by Crippen LogP contribution is 2.38. The van der Waals surface area contributed by atoms with Gasteiger partial charge < -0.3 is 15.0 Å². The van der Waals surface area contributed by atoms with Crippen LogP contribution in [0.1, 0.15) is 53.6 Å². The van der Waals surface area contributed by atoms with Gasteiger partial charge in [-0.05, 0) is 50.7 Å². The largest absolute Gasteiger partial charge is 0.491 e. The zero-order valence-corrected chi connectivity index (χ0v) is 19.9. The second-order valence-corrected chi connectivity index (χ2v) is 9.66. The maximum atomic E-state index is 12.1.